The van der Waals surface area contributed by atoms with Crippen molar-refractivity contribution >= 4 is 5.91 Å². The minimum atomic E-state index is -0.869. The normalized spacial score (nSPS) is 12.1. The number of hydrogen-bond acceptors (Lipinski definition) is 5. The highest BCUT2D eigenvalue weighted by atomic mass is 16.3. The van der Waals surface area contributed by atoms with Gasteiger partial charge in [-0.1, -0.05) is 6.07 Å². The van der Waals surface area contributed by atoms with Gasteiger partial charge in [-0.2, -0.15) is 0 Å². The molecule has 0 radical (unpaired) electrons. The van der Waals surface area contributed by atoms with Crippen molar-refractivity contribution in [2.24, 2.45) is 5.73 Å². The molecule has 0 heterocycles. The average Bonchev–Trinajstić information content (AvgIpc) is 2.37. The molecule has 0 spiro atoms. The van der Waals surface area contributed by atoms with Crippen LogP contribution in [0.2, 0.25) is 0 Å². The molecule has 0 saturated carbocycles. The Morgan fingerprint density at radius 2 is 2.00 bits per heavy atom. The number of nitrogens with one attached hydrogen (secondary N) is 1. The van der Waals surface area contributed by atoms with Gasteiger partial charge in [0, 0.05) is 6.54 Å². The maximum absolute atomic E-state index is 11.3. The molecule has 8 N–H and O–H groups in total. The number of hydrogen-bond donors (Lipinski definition) is 5. The van der Waals surface area contributed by atoms with Gasteiger partial charge in [-0.05, 0) is 18.1 Å². The molecule has 1 rings (SSSR count). The van der Waals surface area contributed by atoms with E-state index < -0.39 is 29.2 Å². The first-order chi connectivity index (χ1) is 8.47. The fourth-order valence-electron chi connectivity index (χ4n) is 1.36. The fraction of sp³-hybridized carbons (Fsp3) is 0.364. The zero-order valence-corrected chi connectivity index (χ0v) is 9.68. The lowest BCUT2D eigenvalue weighted by Crippen LogP contribution is -2.43. The van der Waals surface area contributed by atoms with Crippen molar-refractivity contribution in [3.63, 3.8) is 0 Å². The van der Waals surface area contributed by atoms with E-state index in [0.717, 1.165) is 0 Å². The van der Waals surface area contributed by atoms with Gasteiger partial charge in [0.15, 0.2) is 24.1 Å². The quantitative estimate of drug-likeness (QED) is 0.323. The van der Waals surface area contributed by atoms with E-state index in [9.17, 15) is 15.0 Å². The van der Waals surface area contributed by atoms with Crippen LogP contribution in [0, 0.1) is 0 Å². The highest BCUT2D eigenvalue weighted by molar-refractivity contribution is 5.81. The van der Waals surface area contributed by atoms with E-state index in [1.807, 2.05) is 0 Å². The van der Waals surface area contributed by atoms with Crippen molar-refractivity contribution in [1.82, 2.24) is 5.32 Å². The van der Waals surface area contributed by atoms with E-state index in [-0.39, 0.29) is 19.6 Å². The number of carbonyl (C=O) groups is 1. The summed E-state index contributed by atoms with van der Waals surface area (Å²) in [5.74, 6) is -1.83. The zero-order chi connectivity index (χ0) is 13.7. The molecule has 18 heavy (non-hydrogen) atoms. The van der Waals surface area contributed by atoms with Crippen molar-refractivity contribution in [1.29, 1.82) is 0 Å². The molecular formula is C11H17N2O5+. The molecule has 0 fully saturated rings. The molecule has 0 aromatic heterocycles. The predicted octanol–water partition coefficient (Wildman–Crippen LogP) is -1.49. The molecule has 1 amide bonds. The Labute approximate surface area is 103 Å². The van der Waals surface area contributed by atoms with E-state index >= 15 is 0 Å². The molecule has 1 aromatic carbocycles. The molecule has 0 aliphatic rings. The van der Waals surface area contributed by atoms with E-state index in [1.54, 1.807) is 0 Å². The van der Waals surface area contributed by atoms with Crippen LogP contribution in [-0.2, 0) is 11.2 Å². The summed E-state index contributed by atoms with van der Waals surface area (Å²) in [5.41, 5.74) is 5.74. The Balaban J connectivity index is 2.55. The second-order valence-electron chi connectivity index (χ2n) is 3.79. The van der Waals surface area contributed by atoms with Gasteiger partial charge in [0.25, 0.3) is 0 Å². The Morgan fingerprint density at radius 3 is 2.61 bits per heavy atom. The molecule has 1 atom stereocenters. The largest absolute Gasteiger partial charge is 0.504 e. The van der Waals surface area contributed by atoms with Gasteiger partial charge >= 0.3 is 0 Å². The van der Waals surface area contributed by atoms with Crippen LogP contribution in [0.15, 0.2) is 12.1 Å². The van der Waals surface area contributed by atoms with E-state index in [4.69, 9.17) is 15.9 Å². The molecule has 0 saturated heterocycles. The minimum Gasteiger partial charge on any atom is -0.504 e. The number of phenols is 3. The van der Waals surface area contributed by atoms with Crippen molar-refractivity contribution in [2.45, 2.75) is 12.5 Å². The number of aromatic hydroxyl groups is 3. The van der Waals surface area contributed by atoms with E-state index in [1.165, 1.54) is 12.1 Å². The van der Waals surface area contributed by atoms with Crippen LogP contribution >= 0.6 is 0 Å². The molecule has 0 aliphatic heterocycles. The Bertz CT molecular complexity index is 436. The third-order valence-electron chi connectivity index (χ3n) is 2.46. The summed E-state index contributed by atoms with van der Waals surface area (Å²) in [6.07, 6.45) is 0.274. The maximum atomic E-state index is 11.3. The summed E-state index contributed by atoms with van der Waals surface area (Å²) in [5, 5.41) is 37.4. The first kappa shape index (κ1) is 14.1. The second kappa shape index (κ2) is 6.08. The molecule has 7 nitrogen and oxygen atoms in total. The lowest BCUT2D eigenvalue weighted by molar-refractivity contribution is -0.123. The molecule has 0 bridgehead atoms. The predicted molar refractivity (Wildman–Crippen MR) is 64.6 cm³/mol. The van der Waals surface area contributed by atoms with Gasteiger partial charge < -0.3 is 31.5 Å². The topological polar surface area (TPSA) is 139 Å². The number of amides is 1. The summed E-state index contributed by atoms with van der Waals surface area (Å²) in [7, 11) is 0. The lowest BCUT2D eigenvalue weighted by atomic mass is 10.1. The number of phenolic OH excluding ortho intramolecular Hbond substituents is 3. The molecule has 100 valence electrons. The van der Waals surface area contributed by atoms with Crippen molar-refractivity contribution in [3.05, 3.63) is 17.7 Å². The van der Waals surface area contributed by atoms with Gasteiger partial charge in [-0.25, -0.2) is 0 Å². The van der Waals surface area contributed by atoms with Crippen molar-refractivity contribution < 1.29 is 25.2 Å². The van der Waals surface area contributed by atoms with Crippen LogP contribution in [0.3, 0.4) is 0 Å². The highest BCUT2D eigenvalue weighted by Gasteiger charge is 2.15. The molecule has 1 aromatic rings. The average molecular weight is 257 g/mol. The summed E-state index contributed by atoms with van der Waals surface area (Å²) < 4.78 is 0. The van der Waals surface area contributed by atoms with Crippen LogP contribution in [0.1, 0.15) is 5.56 Å². The van der Waals surface area contributed by atoms with Crippen LogP contribution in [0.4, 0.5) is 0 Å². The smallest absolute Gasteiger partial charge is 0.244 e. The summed E-state index contributed by atoms with van der Waals surface area (Å²) >= 11 is 0. The van der Waals surface area contributed by atoms with E-state index in [0.29, 0.717) is 5.56 Å². The number of benzene rings is 1. The molecular weight excluding hydrogens is 240 g/mol. The van der Waals surface area contributed by atoms with Crippen LogP contribution in [0.5, 0.6) is 17.2 Å². The standard InChI is InChI=1S/C11H16N2O5/c12-7(5-14)11(18)13-4-3-6-1-2-8(15)10(17)9(6)16/h1-2,7,14-17H,3-5,12H2,(H,13,18)/p+1/t7-/m0/s1. The van der Waals surface area contributed by atoms with Gasteiger partial charge in [-0.3, -0.25) is 4.79 Å². The maximum Gasteiger partial charge on any atom is 0.244 e. The number of carbonyl (C=O) groups excluding carboxylic acids is 1. The van der Waals surface area contributed by atoms with Crippen LogP contribution in [-0.4, -0.2) is 45.5 Å². The number of rotatable bonds is 5. The Morgan fingerprint density at radius 1 is 1.33 bits per heavy atom. The first-order valence-electron chi connectivity index (χ1n) is 5.38. The van der Waals surface area contributed by atoms with Gasteiger partial charge in [0.1, 0.15) is 0 Å². The molecule has 0 unspecified atom stereocenters. The summed E-state index contributed by atoms with van der Waals surface area (Å²) in [6.45, 7) is 0.0153. The van der Waals surface area contributed by atoms with Gasteiger partial charge in [-0.15, -0.1) is 0 Å². The second-order valence-corrected chi connectivity index (χ2v) is 3.79. The lowest BCUT2D eigenvalue weighted by Gasteiger charge is -2.10. The fourth-order valence-corrected chi connectivity index (χ4v) is 1.36. The van der Waals surface area contributed by atoms with E-state index in [2.05, 4.69) is 5.32 Å². The van der Waals surface area contributed by atoms with Gasteiger partial charge in [0.2, 0.25) is 11.7 Å². The molecule has 7 heteroatoms. The minimum absolute atomic E-state index is 0.197. The van der Waals surface area contributed by atoms with Gasteiger partial charge in [0.05, 0.1) is 0 Å². The van der Waals surface area contributed by atoms with Crippen molar-refractivity contribution in [3.8, 4) is 17.2 Å². The third-order valence-corrected chi connectivity index (χ3v) is 2.46. The summed E-state index contributed by atoms with van der Waals surface area (Å²) in [4.78, 5) is 11.3. The van der Waals surface area contributed by atoms with Crippen molar-refractivity contribution in [2.75, 3.05) is 13.2 Å². The SMILES string of the molecule is N[C@@H](C[OH2+])C(=O)NCCc1ccc(O)c(O)c1O. The third kappa shape index (κ3) is 3.25. The highest BCUT2D eigenvalue weighted by Crippen LogP contribution is 2.36. The van der Waals surface area contributed by atoms with Crippen LogP contribution in [0.25, 0.3) is 0 Å². The monoisotopic (exact) mass is 257 g/mol. The summed E-state index contributed by atoms with van der Waals surface area (Å²) in [6, 6.07) is 1.83. The Kier molecular flexibility index (Phi) is 4.75. The number of nitrogens with two attached hydrogens (primary N) is 1. The molecule has 0 aliphatic carbocycles. The first-order valence-corrected chi connectivity index (χ1v) is 5.38. The zero-order valence-electron chi connectivity index (χ0n) is 9.68. The Hall–Kier alpha value is -1.99. The van der Waals surface area contributed by atoms with Crippen LogP contribution < -0.4 is 11.1 Å².